The molecule has 0 amide bonds. The van der Waals surface area contributed by atoms with Crippen LogP contribution in [0, 0.1) is 0 Å². The Hall–Kier alpha value is 0.434. The number of hydrogen-bond acceptors (Lipinski definition) is 6. The average molecular weight is 342 g/mol. The second-order valence-corrected chi connectivity index (χ2v) is 3.73. The number of ether oxygens (including phenoxy) is 2. The van der Waals surface area contributed by atoms with Crippen LogP contribution in [0.25, 0.3) is 0 Å². The molecule has 2 N–H and O–H groups in total. The summed E-state index contributed by atoms with van der Waals surface area (Å²) in [5.74, 6) is 1.54. The molecule has 0 fully saturated rings. The monoisotopic (exact) mass is 342 g/mol. The molecular formula is C7H9O6S2Y-. The fourth-order valence-electron chi connectivity index (χ4n) is 0.951. The van der Waals surface area contributed by atoms with E-state index in [9.17, 15) is 0 Å². The van der Waals surface area contributed by atoms with Crippen molar-refractivity contribution in [2.75, 3.05) is 13.2 Å². The van der Waals surface area contributed by atoms with Gasteiger partial charge in [0.1, 0.15) is 6.61 Å². The molecule has 89 valence electrons. The van der Waals surface area contributed by atoms with Crippen LogP contribution in [0.3, 0.4) is 0 Å². The first-order valence-corrected chi connectivity index (χ1v) is 5.85. The molecule has 2 unspecified atom stereocenters. The van der Waals surface area contributed by atoms with Crippen LogP contribution in [-0.2, 0) is 44.1 Å². The van der Waals surface area contributed by atoms with Gasteiger partial charge in [-0.25, -0.2) is 4.21 Å². The van der Waals surface area contributed by atoms with E-state index in [2.05, 4.69) is 0 Å². The van der Waals surface area contributed by atoms with Crippen molar-refractivity contribution in [1.29, 1.82) is 0 Å². The fraction of sp³-hybridized carbons (Fsp3) is 0.429. The zero-order valence-electron chi connectivity index (χ0n) is 8.07. The fourth-order valence-corrected chi connectivity index (χ4v) is 1.62. The molecule has 16 heavy (non-hydrogen) atoms. The first-order valence-electron chi connectivity index (χ1n) is 3.88. The summed E-state index contributed by atoms with van der Waals surface area (Å²) in [6.07, 6.45) is -0.197. The van der Waals surface area contributed by atoms with E-state index in [4.69, 9.17) is 27.9 Å². The Labute approximate surface area is 124 Å². The second kappa shape index (κ2) is 8.51. The van der Waals surface area contributed by atoms with E-state index in [1.165, 1.54) is 11.3 Å². The van der Waals surface area contributed by atoms with Crippen molar-refractivity contribution in [1.82, 2.24) is 0 Å². The van der Waals surface area contributed by atoms with Crippen LogP contribution in [0.4, 0.5) is 0 Å². The Morgan fingerprint density at radius 2 is 2.12 bits per heavy atom. The van der Waals surface area contributed by atoms with Gasteiger partial charge in [-0.05, 0) is 0 Å². The first kappa shape index (κ1) is 16.4. The number of hydrogen-bond donors (Lipinski definition) is 2. The maximum Gasteiger partial charge on any atom is 0.172 e. The Morgan fingerprint density at radius 3 is 2.69 bits per heavy atom. The molecular weight excluding hydrogens is 333 g/mol. The Balaban J connectivity index is 0.000000397. The van der Waals surface area contributed by atoms with Gasteiger partial charge in [-0.2, -0.15) is 0 Å². The predicted octanol–water partition coefficient (Wildman–Crippen LogP) is 0.216. The van der Waals surface area contributed by atoms with Gasteiger partial charge in [0, 0.05) is 43.5 Å². The number of rotatable bonds is 1. The molecule has 1 aromatic rings. The van der Waals surface area contributed by atoms with Gasteiger partial charge in [0.25, 0.3) is 0 Å². The molecule has 0 saturated carbocycles. The van der Waals surface area contributed by atoms with Crippen LogP contribution in [0.15, 0.2) is 10.8 Å². The van der Waals surface area contributed by atoms with Gasteiger partial charge in [-0.1, -0.05) is 0 Å². The van der Waals surface area contributed by atoms with Crippen molar-refractivity contribution in [3.8, 4) is 11.5 Å². The summed E-state index contributed by atoms with van der Waals surface area (Å²) >= 11 is -1.32. The third kappa shape index (κ3) is 5.67. The smallest absolute Gasteiger partial charge is 0.172 e. The van der Waals surface area contributed by atoms with Crippen LogP contribution < -0.4 is 9.47 Å². The standard InChI is InChI=1S/C7H8O3S.H2O3S.Y/c8-1-5-2-9-6-3-11-4-7(6)10-5;1-4(2)3;/h3-5,8H,1-2H2;(H2,1,2,3);/p-1. The number of fused-ring (bicyclic) bond motifs is 1. The van der Waals surface area contributed by atoms with Crippen molar-refractivity contribution in [2.45, 2.75) is 6.10 Å². The summed E-state index contributed by atoms with van der Waals surface area (Å²) in [6, 6.07) is 0. The van der Waals surface area contributed by atoms with Crippen LogP contribution in [0.5, 0.6) is 11.5 Å². The summed E-state index contributed by atoms with van der Waals surface area (Å²) in [7, 11) is 0. The average Bonchev–Trinajstić information content (AvgIpc) is 2.63. The maximum absolute atomic E-state index is 8.75. The molecule has 2 atom stereocenters. The van der Waals surface area contributed by atoms with Crippen molar-refractivity contribution >= 4 is 22.7 Å². The predicted molar refractivity (Wildman–Crippen MR) is 52.9 cm³/mol. The first-order chi connectivity index (χ1) is 7.13. The topological polar surface area (TPSA) is 99.1 Å². The minimum Gasteiger partial charge on any atom is -0.750 e. The Kier molecular flexibility index (Phi) is 8.74. The normalized spacial score (nSPS) is 18.8. The van der Waals surface area contributed by atoms with E-state index < -0.39 is 11.4 Å². The SMILES string of the molecule is O=S([O-])O.OCC1COc2cscc2O1.[Y]. The van der Waals surface area contributed by atoms with Crippen molar-refractivity contribution in [3.63, 3.8) is 0 Å². The molecule has 2 heterocycles. The molecule has 0 bridgehead atoms. The molecule has 0 aliphatic carbocycles. The summed E-state index contributed by atoms with van der Waals surface area (Å²) in [5.41, 5.74) is 0. The van der Waals surface area contributed by atoms with Crippen molar-refractivity contribution < 1.29 is 60.6 Å². The van der Waals surface area contributed by atoms with E-state index in [1.807, 2.05) is 10.8 Å². The molecule has 1 aliphatic rings. The second-order valence-electron chi connectivity index (χ2n) is 2.55. The van der Waals surface area contributed by atoms with Gasteiger partial charge in [-0.15, -0.1) is 11.3 Å². The molecule has 6 nitrogen and oxygen atoms in total. The third-order valence-corrected chi connectivity index (χ3v) is 2.22. The Bertz CT molecular complexity index is 326. The van der Waals surface area contributed by atoms with E-state index >= 15 is 0 Å². The van der Waals surface area contributed by atoms with Crippen LogP contribution in [0.2, 0.25) is 0 Å². The quantitative estimate of drug-likeness (QED) is 0.708. The van der Waals surface area contributed by atoms with Crippen LogP contribution >= 0.6 is 11.3 Å². The minimum atomic E-state index is -2.86. The molecule has 2 rings (SSSR count). The molecule has 0 saturated heterocycles. The summed E-state index contributed by atoms with van der Waals surface area (Å²) in [4.78, 5) is 0. The van der Waals surface area contributed by atoms with Gasteiger partial charge in [0.2, 0.25) is 0 Å². The van der Waals surface area contributed by atoms with Crippen molar-refractivity contribution in [2.24, 2.45) is 0 Å². The molecule has 9 heteroatoms. The third-order valence-electron chi connectivity index (χ3n) is 1.52. The molecule has 1 aromatic heterocycles. The van der Waals surface area contributed by atoms with Gasteiger partial charge in [0.05, 0.1) is 18.0 Å². The largest absolute Gasteiger partial charge is 0.750 e. The number of aliphatic hydroxyl groups excluding tert-OH is 1. The molecule has 0 spiro atoms. The van der Waals surface area contributed by atoms with Gasteiger partial charge < -0.3 is 23.7 Å². The van der Waals surface area contributed by atoms with Crippen LogP contribution in [0.1, 0.15) is 0 Å². The van der Waals surface area contributed by atoms with E-state index in [0.717, 1.165) is 11.5 Å². The molecule has 0 aromatic carbocycles. The van der Waals surface area contributed by atoms with Gasteiger partial charge in [0.15, 0.2) is 17.6 Å². The minimum absolute atomic E-state index is 0. The number of thiophene rings is 1. The van der Waals surface area contributed by atoms with Crippen LogP contribution in [-0.4, -0.2) is 37.7 Å². The number of aliphatic hydroxyl groups is 1. The van der Waals surface area contributed by atoms with E-state index in [-0.39, 0.29) is 45.4 Å². The zero-order valence-corrected chi connectivity index (χ0v) is 12.5. The van der Waals surface area contributed by atoms with Gasteiger partial charge >= 0.3 is 0 Å². The summed E-state index contributed by atoms with van der Waals surface area (Å²) < 4.78 is 34.7. The zero-order chi connectivity index (χ0) is 11.3. The summed E-state index contributed by atoms with van der Waals surface area (Å²) in [5, 5.41) is 12.5. The van der Waals surface area contributed by atoms with Crippen molar-refractivity contribution in [3.05, 3.63) is 10.8 Å². The molecule has 1 radical (unpaired) electrons. The summed E-state index contributed by atoms with van der Waals surface area (Å²) in [6.45, 7) is 0.454. The van der Waals surface area contributed by atoms with Gasteiger partial charge in [-0.3, -0.25) is 0 Å². The Morgan fingerprint density at radius 1 is 1.56 bits per heavy atom. The maximum atomic E-state index is 8.75. The van der Waals surface area contributed by atoms with E-state index in [1.54, 1.807) is 0 Å². The molecule has 1 aliphatic heterocycles. The van der Waals surface area contributed by atoms with E-state index in [0.29, 0.717) is 6.61 Å².